The first kappa shape index (κ1) is 13.0. The van der Waals surface area contributed by atoms with Gasteiger partial charge in [0.2, 0.25) is 0 Å². The molecule has 2 heteroatoms. The average Bonchev–Trinajstić information content (AvgIpc) is 2.26. The molecule has 0 fully saturated rings. The summed E-state index contributed by atoms with van der Waals surface area (Å²) in [5.41, 5.74) is 3.32. The standard InChI is InChI=1S/C14H22O2/c1-6-11-7-12(10(4)15)8-13(9(2)3)14(11)16-5/h7-10,15H,6H2,1-5H3. The second-order valence-corrected chi connectivity index (χ2v) is 4.49. The van der Waals surface area contributed by atoms with E-state index in [4.69, 9.17) is 4.74 Å². The summed E-state index contributed by atoms with van der Waals surface area (Å²) in [4.78, 5) is 0. The van der Waals surface area contributed by atoms with Gasteiger partial charge in [0.25, 0.3) is 0 Å². The molecule has 0 saturated carbocycles. The lowest BCUT2D eigenvalue weighted by Gasteiger charge is -2.18. The molecule has 0 amide bonds. The number of aliphatic hydroxyl groups excluding tert-OH is 1. The van der Waals surface area contributed by atoms with Crippen molar-refractivity contribution in [3.8, 4) is 5.75 Å². The van der Waals surface area contributed by atoms with Crippen molar-refractivity contribution in [1.82, 2.24) is 0 Å². The summed E-state index contributed by atoms with van der Waals surface area (Å²) in [6, 6.07) is 4.09. The van der Waals surface area contributed by atoms with Crippen LogP contribution in [0.1, 0.15) is 56.4 Å². The Morgan fingerprint density at radius 3 is 2.25 bits per heavy atom. The van der Waals surface area contributed by atoms with Crippen LogP contribution in [0.2, 0.25) is 0 Å². The first-order valence-corrected chi connectivity index (χ1v) is 5.90. The van der Waals surface area contributed by atoms with Gasteiger partial charge in [0, 0.05) is 0 Å². The van der Waals surface area contributed by atoms with E-state index >= 15 is 0 Å². The lowest BCUT2D eigenvalue weighted by molar-refractivity contribution is 0.199. The molecule has 0 aliphatic carbocycles. The Kier molecular flexibility index (Phi) is 4.36. The number of aliphatic hydroxyl groups is 1. The van der Waals surface area contributed by atoms with Crippen LogP contribution in [0.3, 0.4) is 0 Å². The van der Waals surface area contributed by atoms with E-state index in [1.165, 1.54) is 11.1 Å². The molecule has 1 rings (SSSR count). The van der Waals surface area contributed by atoms with Crippen LogP contribution in [0, 0.1) is 0 Å². The smallest absolute Gasteiger partial charge is 0.125 e. The number of ether oxygens (including phenoxy) is 1. The third-order valence-electron chi connectivity index (χ3n) is 2.91. The molecule has 0 aliphatic rings. The minimum atomic E-state index is -0.422. The van der Waals surface area contributed by atoms with E-state index in [0.717, 1.165) is 17.7 Å². The number of hydrogen-bond donors (Lipinski definition) is 1. The lowest BCUT2D eigenvalue weighted by atomic mass is 9.93. The first-order valence-electron chi connectivity index (χ1n) is 5.90. The molecule has 1 unspecified atom stereocenters. The number of benzene rings is 1. The number of hydrogen-bond acceptors (Lipinski definition) is 2. The Morgan fingerprint density at radius 1 is 1.25 bits per heavy atom. The zero-order valence-electron chi connectivity index (χ0n) is 10.9. The van der Waals surface area contributed by atoms with Crippen molar-refractivity contribution in [2.24, 2.45) is 0 Å². The number of rotatable bonds is 4. The van der Waals surface area contributed by atoms with Gasteiger partial charge >= 0.3 is 0 Å². The van der Waals surface area contributed by atoms with Crippen LogP contribution in [0.5, 0.6) is 5.75 Å². The highest BCUT2D eigenvalue weighted by atomic mass is 16.5. The normalized spacial score (nSPS) is 12.9. The lowest BCUT2D eigenvalue weighted by Crippen LogP contribution is -2.02. The molecule has 0 radical (unpaired) electrons. The predicted molar refractivity (Wildman–Crippen MR) is 67.1 cm³/mol. The summed E-state index contributed by atoms with van der Waals surface area (Å²) in [6.45, 7) is 8.19. The van der Waals surface area contributed by atoms with Gasteiger partial charge in [0.05, 0.1) is 13.2 Å². The maximum Gasteiger partial charge on any atom is 0.125 e. The van der Waals surface area contributed by atoms with Gasteiger partial charge in [-0.3, -0.25) is 0 Å². The minimum absolute atomic E-state index is 0.402. The largest absolute Gasteiger partial charge is 0.496 e. The Bertz CT molecular complexity index is 354. The monoisotopic (exact) mass is 222 g/mol. The molecule has 0 aromatic heterocycles. The summed E-state index contributed by atoms with van der Waals surface area (Å²) < 4.78 is 5.48. The summed E-state index contributed by atoms with van der Waals surface area (Å²) >= 11 is 0. The van der Waals surface area contributed by atoms with Crippen LogP contribution < -0.4 is 4.74 Å². The summed E-state index contributed by atoms with van der Waals surface area (Å²) in [5.74, 6) is 1.38. The fourth-order valence-corrected chi connectivity index (χ4v) is 1.92. The molecule has 1 aromatic carbocycles. The Morgan fingerprint density at radius 2 is 1.88 bits per heavy atom. The van der Waals surface area contributed by atoms with Gasteiger partial charge in [0.1, 0.15) is 5.75 Å². The van der Waals surface area contributed by atoms with Crippen LogP contribution in [0.4, 0.5) is 0 Å². The quantitative estimate of drug-likeness (QED) is 0.845. The fraction of sp³-hybridized carbons (Fsp3) is 0.571. The first-order chi connectivity index (χ1) is 7.51. The molecule has 1 aromatic rings. The summed E-state index contributed by atoms with van der Waals surface area (Å²) in [7, 11) is 1.71. The SMILES string of the molecule is CCc1cc(C(C)O)cc(C(C)C)c1OC. The van der Waals surface area contributed by atoms with Crippen molar-refractivity contribution in [1.29, 1.82) is 0 Å². The van der Waals surface area contributed by atoms with Crippen molar-refractivity contribution < 1.29 is 9.84 Å². The number of methoxy groups -OCH3 is 1. The highest BCUT2D eigenvalue weighted by molar-refractivity contribution is 5.46. The van der Waals surface area contributed by atoms with Crippen LogP contribution in [-0.4, -0.2) is 12.2 Å². The fourth-order valence-electron chi connectivity index (χ4n) is 1.92. The molecule has 0 aliphatic heterocycles. The maximum absolute atomic E-state index is 9.67. The Labute approximate surface area is 98.3 Å². The highest BCUT2D eigenvalue weighted by Gasteiger charge is 2.14. The minimum Gasteiger partial charge on any atom is -0.496 e. The zero-order valence-corrected chi connectivity index (χ0v) is 10.9. The molecule has 2 nitrogen and oxygen atoms in total. The Balaban J connectivity index is 3.37. The molecule has 0 spiro atoms. The number of aryl methyl sites for hydroxylation is 1. The van der Waals surface area contributed by atoms with Crippen LogP contribution in [0.15, 0.2) is 12.1 Å². The van der Waals surface area contributed by atoms with Gasteiger partial charge in [-0.15, -0.1) is 0 Å². The second kappa shape index (κ2) is 5.35. The van der Waals surface area contributed by atoms with E-state index < -0.39 is 6.10 Å². The molecule has 1 N–H and O–H groups in total. The van der Waals surface area contributed by atoms with Crippen molar-refractivity contribution >= 4 is 0 Å². The highest BCUT2D eigenvalue weighted by Crippen LogP contribution is 2.33. The van der Waals surface area contributed by atoms with Gasteiger partial charge in [-0.2, -0.15) is 0 Å². The van der Waals surface area contributed by atoms with E-state index in [1.54, 1.807) is 14.0 Å². The van der Waals surface area contributed by atoms with Crippen molar-refractivity contribution in [3.63, 3.8) is 0 Å². The third-order valence-corrected chi connectivity index (χ3v) is 2.91. The van der Waals surface area contributed by atoms with Crippen molar-refractivity contribution in [3.05, 3.63) is 28.8 Å². The zero-order chi connectivity index (χ0) is 12.3. The molecule has 16 heavy (non-hydrogen) atoms. The van der Waals surface area contributed by atoms with Crippen LogP contribution in [0.25, 0.3) is 0 Å². The summed E-state index contributed by atoms with van der Waals surface area (Å²) in [6.07, 6.45) is 0.498. The molecular weight excluding hydrogens is 200 g/mol. The van der Waals surface area contributed by atoms with Gasteiger partial charge < -0.3 is 9.84 Å². The second-order valence-electron chi connectivity index (χ2n) is 4.49. The summed E-state index contributed by atoms with van der Waals surface area (Å²) in [5, 5.41) is 9.67. The van der Waals surface area contributed by atoms with E-state index in [-0.39, 0.29) is 0 Å². The molecular formula is C14H22O2. The molecule has 0 bridgehead atoms. The van der Waals surface area contributed by atoms with Crippen molar-refractivity contribution in [2.45, 2.75) is 46.1 Å². The third kappa shape index (κ3) is 2.56. The van der Waals surface area contributed by atoms with E-state index in [0.29, 0.717) is 5.92 Å². The molecule has 0 heterocycles. The van der Waals surface area contributed by atoms with Crippen LogP contribution >= 0.6 is 0 Å². The topological polar surface area (TPSA) is 29.5 Å². The van der Waals surface area contributed by atoms with Gasteiger partial charge in [-0.1, -0.05) is 20.8 Å². The van der Waals surface area contributed by atoms with Gasteiger partial charge in [0.15, 0.2) is 0 Å². The van der Waals surface area contributed by atoms with Gasteiger partial charge in [-0.05, 0) is 48.1 Å². The van der Waals surface area contributed by atoms with E-state index in [1.807, 2.05) is 12.1 Å². The molecule has 90 valence electrons. The maximum atomic E-state index is 9.67. The molecule has 0 saturated heterocycles. The van der Waals surface area contributed by atoms with E-state index in [9.17, 15) is 5.11 Å². The Hall–Kier alpha value is -1.02. The molecule has 1 atom stereocenters. The van der Waals surface area contributed by atoms with Crippen LogP contribution in [-0.2, 0) is 6.42 Å². The average molecular weight is 222 g/mol. The van der Waals surface area contributed by atoms with Gasteiger partial charge in [-0.25, -0.2) is 0 Å². The predicted octanol–water partition coefficient (Wildman–Crippen LogP) is 3.43. The van der Waals surface area contributed by atoms with E-state index in [2.05, 4.69) is 20.8 Å². The van der Waals surface area contributed by atoms with Crippen molar-refractivity contribution in [2.75, 3.05) is 7.11 Å².